The Morgan fingerprint density at radius 3 is 1.59 bits per heavy atom. The number of hydrogen-bond acceptors (Lipinski definition) is 2. The van der Waals surface area contributed by atoms with Crippen molar-refractivity contribution in [2.75, 3.05) is 0 Å². The molecular formula is C14H20N4O4+2. The number of hydrogen-bond donors (Lipinski definition) is 2. The molecular weight excluding hydrogens is 288 g/mol. The zero-order valence-corrected chi connectivity index (χ0v) is 12.2. The Kier molecular flexibility index (Phi) is 5.29. The monoisotopic (exact) mass is 308 g/mol. The van der Waals surface area contributed by atoms with Crippen molar-refractivity contribution in [1.29, 1.82) is 0 Å². The summed E-state index contributed by atoms with van der Waals surface area (Å²) >= 11 is 0. The van der Waals surface area contributed by atoms with E-state index in [9.17, 15) is 9.59 Å². The van der Waals surface area contributed by atoms with E-state index in [1.165, 1.54) is 0 Å². The molecule has 0 bridgehead atoms. The summed E-state index contributed by atoms with van der Waals surface area (Å²) in [6.45, 7) is 1.59. The molecule has 0 saturated carbocycles. The number of unbranched alkanes of at least 4 members (excludes halogenated alkanes) is 1. The summed E-state index contributed by atoms with van der Waals surface area (Å²) in [5.41, 5.74) is 0. The largest absolute Gasteiger partial charge is 0.478 e. The topological polar surface area (TPSA) is 92.2 Å². The lowest BCUT2D eigenvalue weighted by Gasteiger charge is -1.97. The molecule has 0 radical (unpaired) electrons. The molecule has 22 heavy (non-hydrogen) atoms. The maximum atomic E-state index is 10.6. The predicted molar refractivity (Wildman–Crippen MR) is 73.8 cm³/mol. The van der Waals surface area contributed by atoms with Crippen molar-refractivity contribution in [3.63, 3.8) is 0 Å². The number of nitrogens with zero attached hydrogens (tertiary/aromatic N) is 4. The van der Waals surface area contributed by atoms with Crippen molar-refractivity contribution in [3.05, 3.63) is 37.4 Å². The fourth-order valence-electron chi connectivity index (χ4n) is 2.23. The second-order valence-corrected chi connectivity index (χ2v) is 5.14. The molecule has 8 heteroatoms. The molecule has 2 rings (SSSR count). The lowest BCUT2D eigenvalue weighted by atomic mass is 10.3. The van der Waals surface area contributed by atoms with Crippen molar-refractivity contribution in [3.8, 4) is 0 Å². The molecule has 0 fully saturated rings. The van der Waals surface area contributed by atoms with Gasteiger partial charge in [0.25, 0.3) is 0 Å². The minimum absolute atomic E-state index is 0.0278. The van der Waals surface area contributed by atoms with Gasteiger partial charge in [-0.05, 0) is 12.8 Å². The minimum atomic E-state index is -0.856. The van der Waals surface area contributed by atoms with Gasteiger partial charge in [0.1, 0.15) is 24.8 Å². The van der Waals surface area contributed by atoms with Gasteiger partial charge in [-0.25, -0.2) is 27.9 Å². The summed E-state index contributed by atoms with van der Waals surface area (Å²) in [7, 11) is 0. The zero-order chi connectivity index (χ0) is 15.9. The van der Waals surface area contributed by atoms with E-state index in [0.29, 0.717) is 0 Å². The molecule has 0 saturated heterocycles. The van der Waals surface area contributed by atoms with Crippen LogP contribution in [0.25, 0.3) is 0 Å². The Balaban J connectivity index is 1.70. The van der Waals surface area contributed by atoms with E-state index in [0.717, 1.165) is 25.9 Å². The van der Waals surface area contributed by atoms with E-state index in [2.05, 4.69) is 0 Å². The Morgan fingerprint density at radius 2 is 1.23 bits per heavy atom. The third-order valence-corrected chi connectivity index (χ3v) is 3.21. The van der Waals surface area contributed by atoms with E-state index in [-0.39, 0.29) is 13.1 Å². The maximum absolute atomic E-state index is 10.6. The number of rotatable bonds is 9. The molecule has 2 heterocycles. The highest BCUT2D eigenvalue weighted by molar-refractivity contribution is 5.65. The van der Waals surface area contributed by atoms with E-state index in [1.807, 2.05) is 21.5 Å². The normalized spacial score (nSPS) is 10.7. The van der Waals surface area contributed by atoms with Crippen LogP contribution in [0.5, 0.6) is 0 Å². The quantitative estimate of drug-likeness (QED) is 0.483. The third-order valence-electron chi connectivity index (χ3n) is 3.21. The molecule has 0 atom stereocenters. The molecule has 8 nitrogen and oxygen atoms in total. The van der Waals surface area contributed by atoms with Gasteiger partial charge in [-0.3, -0.25) is 0 Å². The highest BCUT2D eigenvalue weighted by atomic mass is 16.4. The van der Waals surface area contributed by atoms with Gasteiger partial charge in [0, 0.05) is 0 Å². The first-order chi connectivity index (χ1) is 10.5. The van der Waals surface area contributed by atoms with Gasteiger partial charge < -0.3 is 10.2 Å². The van der Waals surface area contributed by atoms with Crippen LogP contribution in [0.15, 0.2) is 37.4 Å². The highest BCUT2D eigenvalue weighted by Gasteiger charge is 2.09. The van der Waals surface area contributed by atoms with Crippen LogP contribution >= 0.6 is 0 Å². The van der Waals surface area contributed by atoms with Crippen molar-refractivity contribution < 1.29 is 28.9 Å². The Labute approximate surface area is 127 Å². The van der Waals surface area contributed by atoms with Crippen LogP contribution in [-0.2, 0) is 35.8 Å². The van der Waals surface area contributed by atoms with E-state index in [4.69, 9.17) is 10.2 Å². The number of carboxylic acids is 2. The molecule has 0 aromatic carbocycles. The number of aromatic nitrogens is 4. The molecule has 0 spiro atoms. The van der Waals surface area contributed by atoms with Crippen molar-refractivity contribution in [1.82, 2.24) is 9.13 Å². The Hall–Kier alpha value is -2.64. The second kappa shape index (κ2) is 7.39. The molecule has 0 aliphatic heterocycles. The van der Waals surface area contributed by atoms with Gasteiger partial charge in [-0.1, -0.05) is 0 Å². The van der Waals surface area contributed by atoms with Crippen LogP contribution < -0.4 is 9.13 Å². The summed E-state index contributed by atoms with van der Waals surface area (Å²) in [6.07, 6.45) is 12.7. The third kappa shape index (κ3) is 5.04. The van der Waals surface area contributed by atoms with Crippen LogP contribution in [0, 0.1) is 0 Å². The molecule has 2 N–H and O–H groups in total. The van der Waals surface area contributed by atoms with E-state index >= 15 is 0 Å². The van der Waals surface area contributed by atoms with Crippen LogP contribution in [-0.4, -0.2) is 31.3 Å². The standard InChI is InChI=1S/C14H18N4O4/c19-13(20)9-17-7-5-15(11-17)3-1-2-4-16-6-8-18(12-16)10-14(21)22/h5-8,11-12H,1-4,9-10H2/p+2. The van der Waals surface area contributed by atoms with Crippen LogP contribution in [0.4, 0.5) is 0 Å². The van der Waals surface area contributed by atoms with Crippen molar-refractivity contribution >= 4 is 11.9 Å². The summed E-state index contributed by atoms with van der Waals surface area (Å²) < 4.78 is 7.18. The Bertz CT molecular complexity index is 591. The van der Waals surface area contributed by atoms with Crippen LogP contribution in [0.3, 0.4) is 0 Å². The first kappa shape index (κ1) is 15.7. The first-order valence-electron chi connectivity index (χ1n) is 7.06. The van der Waals surface area contributed by atoms with Crippen molar-refractivity contribution in [2.24, 2.45) is 0 Å². The average molecular weight is 308 g/mol. The number of imidazole rings is 2. The lowest BCUT2D eigenvalue weighted by Crippen LogP contribution is -2.35. The van der Waals surface area contributed by atoms with Gasteiger partial charge in [-0.2, -0.15) is 0 Å². The van der Waals surface area contributed by atoms with Gasteiger partial charge in [0.2, 0.25) is 12.7 Å². The highest BCUT2D eigenvalue weighted by Crippen LogP contribution is 1.98. The van der Waals surface area contributed by atoms with Crippen LogP contribution in [0.2, 0.25) is 0 Å². The molecule has 2 aromatic heterocycles. The predicted octanol–water partition coefficient (Wildman–Crippen LogP) is -0.486. The SMILES string of the molecule is O=C(O)C[n+]1ccn(CCCCn2cc[n+](CC(=O)O)c2)c1. The summed E-state index contributed by atoms with van der Waals surface area (Å²) in [4.78, 5) is 21.2. The number of aryl methyl sites for hydroxylation is 2. The molecule has 2 aromatic rings. The van der Waals surface area contributed by atoms with Crippen molar-refractivity contribution in [2.45, 2.75) is 39.0 Å². The first-order valence-corrected chi connectivity index (χ1v) is 7.06. The minimum Gasteiger partial charge on any atom is -0.478 e. The summed E-state index contributed by atoms with van der Waals surface area (Å²) in [5.74, 6) is -1.71. The molecule has 0 aliphatic carbocycles. The molecule has 118 valence electrons. The van der Waals surface area contributed by atoms with Gasteiger partial charge >= 0.3 is 11.9 Å². The van der Waals surface area contributed by atoms with E-state index in [1.54, 1.807) is 34.2 Å². The molecule has 0 amide bonds. The lowest BCUT2D eigenvalue weighted by molar-refractivity contribution is -0.685. The Morgan fingerprint density at radius 1 is 0.818 bits per heavy atom. The van der Waals surface area contributed by atoms with Crippen LogP contribution in [0.1, 0.15) is 12.8 Å². The number of carbonyl (C=O) groups is 2. The second-order valence-electron chi connectivity index (χ2n) is 5.14. The van der Waals surface area contributed by atoms with Gasteiger partial charge in [0.15, 0.2) is 13.1 Å². The summed E-state index contributed by atoms with van der Waals surface area (Å²) in [5, 5.41) is 17.4. The smallest absolute Gasteiger partial charge is 0.346 e. The maximum Gasteiger partial charge on any atom is 0.346 e. The fourth-order valence-corrected chi connectivity index (χ4v) is 2.23. The van der Waals surface area contributed by atoms with Gasteiger partial charge in [-0.15, -0.1) is 0 Å². The average Bonchev–Trinajstić information content (AvgIpc) is 3.03. The molecule has 0 unspecified atom stereocenters. The number of aliphatic carboxylic acids is 2. The number of carboxylic acid groups (broad SMARTS) is 2. The van der Waals surface area contributed by atoms with Gasteiger partial charge in [0.05, 0.1) is 13.1 Å². The fraction of sp³-hybridized carbons (Fsp3) is 0.429. The summed E-state index contributed by atoms with van der Waals surface area (Å²) in [6, 6.07) is 0. The zero-order valence-electron chi connectivity index (χ0n) is 12.2. The molecule has 0 aliphatic rings. The van der Waals surface area contributed by atoms with E-state index < -0.39 is 11.9 Å².